The van der Waals surface area contributed by atoms with Gasteiger partial charge in [-0.1, -0.05) is 17.7 Å². The third-order valence-corrected chi connectivity index (χ3v) is 2.28. The van der Waals surface area contributed by atoms with Crippen LogP contribution < -0.4 is 10.5 Å². The quantitative estimate of drug-likeness (QED) is 0.852. The van der Waals surface area contributed by atoms with Gasteiger partial charge in [0.2, 0.25) is 0 Å². The number of oxazole rings is 1. The molecular weight excluding hydrogens is 216 g/mol. The zero-order chi connectivity index (χ0) is 10.8. The minimum Gasteiger partial charge on any atom is -0.496 e. The smallest absolute Gasteiger partial charge is 0.292 e. The van der Waals surface area contributed by atoms with Crippen molar-refractivity contribution in [2.24, 2.45) is 0 Å². The molecule has 1 aromatic heterocycles. The summed E-state index contributed by atoms with van der Waals surface area (Å²) in [6.45, 7) is 0. The fraction of sp³-hybridized carbons (Fsp3) is 0.100. The third kappa shape index (κ3) is 1.76. The highest BCUT2D eigenvalue weighted by molar-refractivity contribution is 6.33. The molecule has 2 aromatic rings. The van der Waals surface area contributed by atoms with Gasteiger partial charge >= 0.3 is 0 Å². The van der Waals surface area contributed by atoms with Crippen LogP contribution in [-0.2, 0) is 0 Å². The second kappa shape index (κ2) is 3.82. The molecule has 15 heavy (non-hydrogen) atoms. The van der Waals surface area contributed by atoms with Crippen molar-refractivity contribution < 1.29 is 9.15 Å². The van der Waals surface area contributed by atoms with Gasteiger partial charge in [-0.2, -0.15) is 0 Å². The monoisotopic (exact) mass is 224 g/mol. The molecule has 0 saturated carbocycles. The summed E-state index contributed by atoms with van der Waals surface area (Å²) < 4.78 is 10.4. The molecule has 0 aliphatic carbocycles. The minimum atomic E-state index is 0.104. The summed E-state index contributed by atoms with van der Waals surface area (Å²) in [6, 6.07) is 5.44. The normalized spacial score (nSPS) is 10.3. The van der Waals surface area contributed by atoms with E-state index in [4.69, 9.17) is 26.5 Å². The van der Waals surface area contributed by atoms with Gasteiger partial charge in [0.25, 0.3) is 6.01 Å². The number of halogens is 1. The minimum absolute atomic E-state index is 0.104. The van der Waals surface area contributed by atoms with Gasteiger partial charge in [-0.25, -0.2) is 4.98 Å². The second-order valence-corrected chi connectivity index (χ2v) is 3.29. The SMILES string of the molecule is COc1cccc(Cl)c1-c1cnc(N)o1. The largest absolute Gasteiger partial charge is 0.496 e. The standard InChI is InChI=1S/C10H9ClN2O2/c1-14-7-4-2-3-6(11)9(7)8-5-13-10(12)15-8/h2-5H,1H3,(H2,12,13). The topological polar surface area (TPSA) is 61.3 Å². The average Bonchev–Trinajstić information content (AvgIpc) is 2.64. The maximum atomic E-state index is 6.04. The molecule has 4 nitrogen and oxygen atoms in total. The number of hydrogen-bond acceptors (Lipinski definition) is 4. The summed E-state index contributed by atoms with van der Waals surface area (Å²) in [5.74, 6) is 1.12. The highest BCUT2D eigenvalue weighted by Gasteiger charge is 2.13. The van der Waals surface area contributed by atoms with E-state index in [2.05, 4.69) is 4.98 Å². The fourth-order valence-electron chi connectivity index (χ4n) is 1.32. The Bertz CT molecular complexity index is 482. The van der Waals surface area contributed by atoms with Crippen molar-refractivity contribution in [2.45, 2.75) is 0 Å². The molecule has 0 fully saturated rings. The van der Waals surface area contributed by atoms with Gasteiger partial charge in [-0.3, -0.25) is 0 Å². The van der Waals surface area contributed by atoms with Gasteiger partial charge < -0.3 is 14.9 Å². The lowest BCUT2D eigenvalue weighted by molar-refractivity contribution is 0.415. The van der Waals surface area contributed by atoms with Crippen molar-refractivity contribution in [1.82, 2.24) is 4.98 Å². The van der Waals surface area contributed by atoms with Gasteiger partial charge in [0.1, 0.15) is 5.75 Å². The Kier molecular flexibility index (Phi) is 2.51. The molecule has 2 rings (SSSR count). The molecule has 2 N–H and O–H groups in total. The van der Waals surface area contributed by atoms with Crippen LogP contribution >= 0.6 is 11.6 Å². The van der Waals surface area contributed by atoms with E-state index in [1.807, 2.05) is 0 Å². The van der Waals surface area contributed by atoms with E-state index in [9.17, 15) is 0 Å². The van der Waals surface area contributed by atoms with Crippen LogP contribution in [0.2, 0.25) is 5.02 Å². The highest BCUT2D eigenvalue weighted by atomic mass is 35.5. The maximum absolute atomic E-state index is 6.04. The molecule has 0 bridgehead atoms. The van der Waals surface area contributed by atoms with E-state index < -0.39 is 0 Å². The van der Waals surface area contributed by atoms with Crippen LogP contribution in [0.15, 0.2) is 28.8 Å². The van der Waals surface area contributed by atoms with Crippen LogP contribution in [0.3, 0.4) is 0 Å². The number of benzene rings is 1. The van der Waals surface area contributed by atoms with Crippen molar-refractivity contribution >= 4 is 17.6 Å². The van der Waals surface area contributed by atoms with Gasteiger partial charge in [-0.05, 0) is 12.1 Å². The summed E-state index contributed by atoms with van der Waals surface area (Å²) in [5, 5.41) is 0.533. The number of anilines is 1. The second-order valence-electron chi connectivity index (χ2n) is 2.88. The van der Waals surface area contributed by atoms with Gasteiger partial charge in [0, 0.05) is 0 Å². The van der Waals surface area contributed by atoms with E-state index >= 15 is 0 Å². The van der Waals surface area contributed by atoms with Crippen molar-refractivity contribution in [2.75, 3.05) is 12.8 Å². The highest BCUT2D eigenvalue weighted by Crippen LogP contribution is 2.36. The summed E-state index contributed by atoms with van der Waals surface area (Å²) in [4.78, 5) is 3.81. The molecule has 0 saturated heterocycles. The summed E-state index contributed by atoms with van der Waals surface area (Å²) in [7, 11) is 1.56. The van der Waals surface area contributed by atoms with E-state index in [1.54, 1.807) is 25.3 Å². The van der Waals surface area contributed by atoms with Crippen molar-refractivity contribution in [1.29, 1.82) is 0 Å². The molecule has 1 heterocycles. The predicted octanol–water partition coefficient (Wildman–Crippen LogP) is 2.59. The lowest BCUT2D eigenvalue weighted by atomic mass is 10.1. The van der Waals surface area contributed by atoms with Crippen LogP contribution in [0, 0.1) is 0 Å². The van der Waals surface area contributed by atoms with E-state index in [0.717, 1.165) is 0 Å². The number of aromatic nitrogens is 1. The van der Waals surface area contributed by atoms with Crippen LogP contribution in [0.4, 0.5) is 6.01 Å². The zero-order valence-electron chi connectivity index (χ0n) is 8.03. The molecule has 5 heteroatoms. The number of hydrogen-bond donors (Lipinski definition) is 1. The van der Waals surface area contributed by atoms with Crippen LogP contribution in [0.5, 0.6) is 5.75 Å². The van der Waals surface area contributed by atoms with Crippen LogP contribution in [0.25, 0.3) is 11.3 Å². The summed E-state index contributed by atoms with van der Waals surface area (Å²) >= 11 is 6.04. The number of rotatable bonds is 2. The molecule has 0 unspecified atom stereocenters. The van der Waals surface area contributed by atoms with Gasteiger partial charge in [0.15, 0.2) is 5.76 Å². The average molecular weight is 225 g/mol. The summed E-state index contributed by atoms with van der Waals surface area (Å²) in [6.07, 6.45) is 1.51. The van der Waals surface area contributed by atoms with Crippen molar-refractivity contribution in [3.63, 3.8) is 0 Å². The predicted molar refractivity (Wildman–Crippen MR) is 57.9 cm³/mol. The lowest BCUT2D eigenvalue weighted by Crippen LogP contribution is -1.87. The molecule has 0 aliphatic heterocycles. The molecule has 0 amide bonds. The van der Waals surface area contributed by atoms with Gasteiger partial charge in [-0.15, -0.1) is 0 Å². The third-order valence-electron chi connectivity index (χ3n) is 1.97. The first-order chi connectivity index (χ1) is 7.22. The Morgan fingerprint density at radius 1 is 1.47 bits per heavy atom. The molecule has 78 valence electrons. The Hall–Kier alpha value is -1.68. The molecule has 0 atom stereocenters. The number of ether oxygens (including phenoxy) is 1. The summed E-state index contributed by atoms with van der Waals surface area (Å²) in [5.41, 5.74) is 6.05. The van der Waals surface area contributed by atoms with Crippen LogP contribution in [-0.4, -0.2) is 12.1 Å². The number of methoxy groups -OCH3 is 1. The number of nitrogen functional groups attached to an aromatic ring is 1. The Balaban J connectivity index is 2.60. The Morgan fingerprint density at radius 2 is 2.27 bits per heavy atom. The van der Waals surface area contributed by atoms with Crippen molar-refractivity contribution in [3.8, 4) is 17.1 Å². The zero-order valence-corrected chi connectivity index (χ0v) is 8.78. The molecule has 1 aromatic carbocycles. The number of nitrogens with two attached hydrogens (primary N) is 1. The van der Waals surface area contributed by atoms with Crippen molar-refractivity contribution in [3.05, 3.63) is 29.4 Å². The maximum Gasteiger partial charge on any atom is 0.292 e. The first-order valence-electron chi connectivity index (χ1n) is 4.26. The van der Waals surface area contributed by atoms with E-state index in [0.29, 0.717) is 22.1 Å². The lowest BCUT2D eigenvalue weighted by Gasteiger charge is -2.06. The van der Waals surface area contributed by atoms with E-state index in [1.165, 1.54) is 6.20 Å². The number of nitrogens with zero attached hydrogens (tertiary/aromatic N) is 1. The molecule has 0 radical (unpaired) electrons. The van der Waals surface area contributed by atoms with Crippen LogP contribution in [0.1, 0.15) is 0 Å². The molecular formula is C10H9ClN2O2. The first-order valence-corrected chi connectivity index (χ1v) is 4.64. The first kappa shape index (κ1) is 9.86. The molecule has 0 spiro atoms. The van der Waals surface area contributed by atoms with E-state index in [-0.39, 0.29) is 6.01 Å². The Labute approximate surface area is 91.6 Å². The Morgan fingerprint density at radius 3 is 2.87 bits per heavy atom. The van der Waals surface area contributed by atoms with Gasteiger partial charge in [0.05, 0.1) is 23.9 Å². The fourth-order valence-corrected chi connectivity index (χ4v) is 1.58. The molecule has 0 aliphatic rings.